The molecular weight excluding hydrogens is 314 g/mol. The maximum absolute atomic E-state index is 12.1. The molecule has 1 aromatic rings. The number of carbonyl (C=O) groups is 3. The Morgan fingerprint density at radius 2 is 1.75 bits per heavy atom. The third-order valence-corrected chi connectivity index (χ3v) is 3.22. The van der Waals surface area contributed by atoms with Gasteiger partial charge in [0.15, 0.2) is 0 Å². The highest BCUT2D eigenvalue weighted by atomic mass is 16.5. The van der Waals surface area contributed by atoms with Crippen LogP contribution in [0, 0.1) is 5.92 Å². The Kier molecular flexibility index (Phi) is 7.70. The van der Waals surface area contributed by atoms with Crippen LogP contribution in [-0.2, 0) is 20.9 Å². The maximum atomic E-state index is 12.1. The van der Waals surface area contributed by atoms with Crippen LogP contribution < -0.4 is 16.2 Å². The fraction of sp³-hybridized carbons (Fsp3) is 0.438. The van der Waals surface area contributed by atoms with Crippen molar-refractivity contribution in [1.29, 1.82) is 0 Å². The minimum Gasteiger partial charge on any atom is -0.480 e. The molecule has 0 saturated heterocycles. The Morgan fingerprint density at radius 3 is 2.29 bits per heavy atom. The lowest BCUT2D eigenvalue weighted by Gasteiger charge is -2.22. The van der Waals surface area contributed by atoms with Crippen molar-refractivity contribution >= 4 is 18.0 Å². The van der Waals surface area contributed by atoms with Crippen LogP contribution in [0.4, 0.5) is 4.79 Å². The molecule has 0 aliphatic heterocycles. The van der Waals surface area contributed by atoms with Crippen molar-refractivity contribution in [2.75, 3.05) is 0 Å². The van der Waals surface area contributed by atoms with Crippen molar-refractivity contribution in [3.8, 4) is 0 Å². The number of carboxylic acids is 1. The monoisotopic (exact) mass is 337 g/mol. The number of ether oxygens (including phenoxy) is 1. The van der Waals surface area contributed by atoms with Gasteiger partial charge < -0.3 is 15.2 Å². The molecule has 2 amide bonds. The fourth-order valence-electron chi connectivity index (χ4n) is 1.75. The summed E-state index contributed by atoms with van der Waals surface area (Å²) in [5.74, 6) is -1.86. The zero-order chi connectivity index (χ0) is 18.1. The molecule has 2 atom stereocenters. The number of amides is 2. The Labute approximate surface area is 140 Å². The number of hydrogen-bond donors (Lipinski definition) is 4. The predicted molar refractivity (Wildman–Crippen MR) is 86.8 cm³/mol. The van der Waals surface area contributed by atoms with Crippen LogP contribution in [-0.4, -0.2) is 35.2 Å². The number of hydrazine groups is 1. The van der Waals surface area contributed by atoms with Crippen molar-refractivity contribution < 1.29 is 24.2 Å². The van der Waals surface area contributed by atoms with Crippen molar-refractivity contribution in [3.63, 3.8) is 0 Å². The van der Waals surface area contributed by atoms with Gasteiger partial charge >= 0.3 is 12.1 Å². The second-order valence-corrected chi connectivity index (χ2v) is 5.62. The summed E-state index contributed by atoms with van der Waals surface area (Å²) in [5, 5.41) is 11.2. The summed E-state index contributed by atoms with van der Waals surface area (Å²) in [4.78, 5) is 34.6. The Morgan fingerprint density at radius 1 is 1.12 bits per heavy atom. The first kappa shape index (κ1) is 19.4. The van der Waals surface area contributed by atoms with Gasteiger partial charge in [-0.2, -0.15) is 0 Å². The van der Waals surface area contributed by atoms with Gasteiger partial charge in [-0.3, -0.25) is 15.0 Å². The van der Waals surface area contributed by atoms with Gasteiger partial charge in [0.25, 0.3) is 5.91 Å². The van der Waals surface area contributed by atoms with E-state index >= 15 is 0 Å². The lowest BCUT2D eigenvalue weighted by molar-refractivity contribution is -0.139. The van der Waals surface area contributed by atoms with E-state index in [2.05, 4.69) is 16.2 Å². The summed E-state index contributed by atoms with van der Waals surface area (Å²) >= 11 is 0. The van der Waals surface area contributed by atoms with Gasteiger partial charge in [-0.25, -0.2) is 10.2 Å². The second-order valence-electron chi connectivity index (χ2n) is 5.62. The van der Waals surface area contributed by atoms with E-state index in [4.69, 9.17) is 9.84 Å². The van der Waals surface area contributed by atoms with Gasteiger partial charge in [-0.05, 0) is 18.4 Å². The van der Waals surface area contributed by atoms with Crippen LogP contribution in [0.25, 0.3) is 0 Å². The lowest BCUT2D eigenvalue weighted by Crippen LogP contribution is -2.55. The number of nitrogens with one attached hydrogen (secondary N) is 3. The summed E-state index contributed by atoms with van der Waals surface area (Å²) in [6.07, 6.45) is -0.723. The maximum Gasteiger partial charge on any atom is 0.408 e. The molecule has 0 radical (unpaired) electrons. The number of hydrogen-bond acceptors (Lipinski definition) is 5. The molecule has 0 aliphatic carbocycles. The number of carbonyl (C=O) groups excluding carboxylic acids is 2. The van der Waals surface area contributed by atoms with Crippen LogP contribution in [0.1, 0.15) is 26.3 Å². The van der Waals surface area contributed by atoms with E-state index < -0.39 is 30.1 Å². The highest BCUT2D eigenvalue weighted by molar-refractivity contribution is 5.86. The third kappa shape index (κ3) is 6.66. The molecule has 0 saturated carbocycles. The molecule has 0 fully saturated rings. The van der Waals surface area contributed by atoms with Gasteiger partial charge in [-0.15, -0.1) is 0 Å². The first-order valence-corrected chi connectivity index (χ1v) is 7.56. The minimum absolute atomic E-state index is 0.0907. The summed E-state index contributed by atoms with van der Waals surface area (Å²) in [6.45, 7) is 4.98. The van der Waals surface area contributed by atoms with Gasteiger partial charge in [0.2, 0.25) is 0 Å². The lowest BCUT2D eigenvalue weighted by atomic mass is 10.0. The summed E-state index contributed by atoms with van der Waals surface area (Å²) < 4.78 is 5.08. The van der Waals surface area contributed by atoms with Gasteiger partial charge in [0.1, 0.15) is 18.7 Å². The van der Waals surface area contributed by atoms with Crippen LogP contribution >= 0.6 is 0 Å². The van der Waals surface area contributed by atoms with Crippen LogP contribution in [0.15, 0.2) is 30.3 Å². The zero-order valence-electron chi connectivity index (χ0n) is 13.9. The van der Waals surface area contributed by atoms with Crippen molar-refractivity contribution in [1.82, 2.24) is 16.2 Å². The number of carboxylic acid groups (broad SMARTS) is 1. The summed E-state index contributed by atoms with van der Waals surface area (Å²) in [7, 11) is 0. The van der Waals surface area contributed by atoms with E-state index in [-0.39, 0.29) is 12.5 Å². The molecule has 0 unspecified atom stereocenters. The first-order chi connectivity index (χ1) is 11.3. The SMILES string of the molecule is CC(C)[C@H](NC(=O)OCc1ccccc1)C(=O)NN[C@@H](C)C(=O)O. The van der Waals surface area contributed by atoms with Crippen LogP contribution in [0.2, 0.25) is 0 Å². The van der Waals surface area contributed by atoms with Gasteiger partial charge in [0, 0.05) is 0 Å². The average molecular weight is 337 g/mol. The second kappa shape index (κ2) is 9.51. The molecule has 0 spiro atoms. The highest BCUT2D eigenvalue weighted by Gasteiger charge is 2.25. The molecule has 132 valence electrons. The number of benzene rings is 1. The van der Waals surface area contributed by atoms with E-state index in [0.717, 1.165) is 5.56 Å². The van der Waals surface area contributed by atoms with Crippen molar-refractivity contribution in [2.45, 2.75) is 39.5 Å². The van der Waals surface area contributed by atoms with E-state index in [9.17, 15) is 14.4 Å². The molecule has 4 N–H and O–H groups in total. The van der Waals surface area contributed by atoms with Crippen LogP contribution in [0.5, 0.6) is 0 Å². The smallest absolute Gasteiger partial charge is 0.408 e. The summed E-state index contributed by atoms with van der Waals surface area (Å²) in [6, 6.07) is 7.34. The summed E-state index contributed by atoms with van der Waals surface area (Å²) in [5.41, 5.74) is 5.47. The molecule has 24 heavy (non-hydrogen) atoms. The normalized spacial score (nSPS) is 13.0. The van der Waals surface area contributed by atoms with E-state index in [1.807, 2.05) is 30.3 Å². The molecular formula is C16H23N3O5. The molecule has 0 heterocycles. The van der Waals surface area contributed by atoms with Crippen molar-refractivity contribution in [2.24, 2.45) is 5.92 Å². The average Bonchev–Trinajstić information content (AvgIpc) is 2.55. The Bertz CT molecular complexity index is 562. The molecule has 1 aromatic carbocycles. The molecule has 8 nitrogen and oxygen atoms in total. The quantitative estimate of drug-likeness (QED) is 0.527. The van der Waals surface area contributed by atoms with E-state index in [1.54, 1.807) is 13.8 Å². The first-order valence-electron chi connectivity index (χ1n) is 7.56. The molecule has 8 heteroatoms. The van der Waals surface area contributed by atoms with Gasteiger partial charge in [0.05, 0.1) is 0 Å². The molecule has 1 rings (SSSR count). The van der Waals surface area contributed by atoms with Crippen molar-refractivity contribution in [3.05, 3.63) is 35.9 Å². The fourth-order valence-corrected chi connectivity index (χ4v) is 1.75. The van der Waals surface area contributed by atoms with Crippen LogP contribution in [0.3, 0.4) is 0 Å². The van der Waals surface area contributed by atoms with E-state index in [1.165, 1.54) is 6.92 Å². The van der Waals surface area contributed by atoms with E-state index in [0.29, 0.717) is 0 Å². The zero-order valence-corrected chi connectivity index (χ0v) is 13.9. The van der Waals surface area contributed by atoms with Gasteiger partial charge in [-0.1, -0.05) is 44.2 Å². The number of aliphatic carboxylic acids is 1. The largest absolute Gasteiger partial charge is 0.480 e. The standard InChI is InChI=1S/C16H23N3O5/c1-10(2)13(14(20)19-18-11(3)15(21)22)17-16(23)24-9-12-7-5-4-6-8-12/h4-8,10-11,13,18H,9H2,1-3H3,(H,17,23)(H,19,20)(H,21,22)/t11-,13-/m0/s1. The minimum atomic E-state index is -1.10. The Balaban J connectivity index is 2.50. The Hall–Kier alpha value is -2.61. The third-order valence-electron chi connectivity index (χ3n) is 3.22. The molecule has 0 bridgehead atoms. The highest BCUT2D eigenvalue weighted by Crippen LogP contribution is 2.04. The molecule has 0 aromatic heterocycles. The number of rotatable bonds is 8. The topological polar surface area (TPSA) is 117 Å². The molecule has 0 aliphatic rings. The number of alkyl carbamates (subject to hydrolysis) is 1. The predicted octanol–water partition coefficient (Wildman–Crippen LogP) is 1.03.